The lowest BCUT2D eigenvalue weighted by atomic mass is 9.76. The van der Waals surface area contributed by atoms with Gasteiger partial charge in [0.05, 0.1) is 5.56 Å². The molecule has 2 N–H and O–H groups in total. The number of hydrogen-bond acceptors (Lipinski definition) is 2. The van der Waals surface area contributed by atoms with E-state index in [4.69, 9.17) is 0 Å². The Kier molecular flexibility index (Phi) is 4.12. The number of hydrogen-bond donors (Lipinski definition) is 2. The Morgan fingerprint density at radius 3 is 2.70 bits per heavy atom. The summed E-state index contributed by atoms with van der Waals surface area (Å²) in [6, 6.07) is 5.95. The number of hydrazine groups is 1. The van der Waals surface area contributed by atoms with Gasteiger partial charge < -0.3 is 5.43 Å². The van der Waals surface area contributed by atoms with Crippen molar-refractivity contribution in [2.75, 3.05) is 0 Å². The summed E-state index contributed by atoms with van der Waals surface area (Å²) < 4.78 is 13.5. The van der Waals surface area contributed by atoms with Gasteiger partial charge in [-0.1, -0.05) is 39.0 Å². The van der Waals surface area contributed by atoms with E-state index in [1.54, 1.807) is 12.1 Å². The normalized spacial score (nSPS) is 21.0. The molecule has 1 atom stereocenters. The molecule has 1 aliphatic rings. The van der Waals surface area contributed by atoms with Gasteiger partial charge in [-0.25, -0.2) is 4.39 Å². The van der Waals surface area contributed by atoms with Crippen LogP contribution in [0.2, 0.25) is 0 Å². The maximum atomic E-state index is 13.5. The molecule has 0 aromatic heterocycles. The quantitative estimate of drug-likeness (QED) is 0.831. The molecule has 108 valence electrons. The first-order valence-corrected chi connectivity index (χ1v) is 6.90. The van der Waals surface area contributed by atoms with Crippen molar-refractivity contribution in [3.05, 3.63) is 47.4 Å². The molecule has 0 radical (unpaired) electrons. The van der Waals surface area contributed by atoms with Crippen LogP contribution in [-0.4, -0.2) is 5.91 Å². The van der Waals surface area contributed by atoms with Crippen molar-refractivity contribution in [3.63, 3.8) is 0 Å². The number of allylic oxidation sites excluding steroid dienone is 2. The maximum absolute atomic E-state index is 13.5. The molecule has 0 saturated heterocycles. The molecule has 2 rings (SSSR count). The molecular weight excluding hydrogens is 255 g/mol. The van der Waals surface area contributed by atoms with Crippen molar-refractivity contribution in [1.29, 1.82) is 0 Å². The fraction of sp³-hybridized carbons (Fsp3) is 0.438. The van der Waals surface area contributed by atoms with Crippen molar-refractivity contribution in [3.8, 4) is 0 Å². The second kappa shape index (κ2) is 5.65. The average molecular weight is 276 g/mol. The van der Waals surface area contributed by atoms with Gasteiger partial charge in [-0.05, 0) is 36.3 Å². The molecule has 1 amide bonds. The topological polar surface area (TPSA) is 41.1 Å². The lowest BCUT2D eigenvalue weighted by Crippen LogP contribution is -2.39. The van der Waals surface area contributed by atoms with E-state index in [0.717, 1.165) is 18.5 Å². The molecule has 0 spiro atoms. The van der Waals surface area contributed by atoms with Gasteiger partial charge in [-0.15, -0.1) is 0 Å². The maximum Gasteiger partial charge on any atom is 0.272 e. The minimum absolute atomic E-state index is 0.0451. The number of amides is 1. The average Bonchev–Trinajstić information content (AvgIpc) is 2.34. The summed E-state index contributed by atoms with van der Waals surface area (Å²) in [5, 5.41) is 0. The molecule has 4 heteroatoms. The van der Waals surface area contributed by atoms with Crippen LogP contribution in [-0.2, 0) is 0 Å². The third kappa shape index (κ3) is 3.59. The fourth-order valence-electron chi connectivity index (χ4n) is 2.87. The van der Waals surface area contributed by atoms with E-state index in [1.807, 2.05) is 0 Å². The van der Waals surface area contributed by atoms with Crippen molar-refractivity contribution in [2.24, 2.45) is 11.3 Å². The SMILES string of the molecule is C[C@H]1CC(NNC(=O)c2ccccc2F)=CC(C)(C)C1. The van der Waals surface area contributed by atoms with Crippen LogP contribution in [0.5, 0.6) is 0 Å². The van der Waals surface area contributed by atoms with Crippen molar-refractivity contribution in [2.45, 2.75) is 33.6 Å². The zero-order valence-corrected chi connectivity index (χ0v) is 12.2. The third-order valence-electron chi connectivity index (χ3n) is 3.46. The molecule has 20 heavy (non-hydrogen) atoms. The minimum atomic E-state index is -0.516. The first-order valence-electron chi connectivity index (χ1n) is 6.90. The smallest absolute Gasteiger partial charge is 0.272 e. The first kappa shape index (κ1) is 14.6. The van der Waals surface area contributed by atoms with E-state index in [9.17, 15) is 9.18 Å². The number of carbonyl (C=O) groups is 1. The standard InChI is InChI=1S/C16H21FN2O/c1-11-8-12(10-16(2,3)9-11)18-19-15(20)13-6-4-5-7-14(13)17/h4-7,10-11,18H,8-9H2,1-3H3,(H,19,20)/t11-/m0/s1. The van der Waals surface area contributed by atoms with Crippen molar-refractivity contribution >= 4 is 5.91 Å². The van der Waals surface area contributed by atoms with Crippen LogP contribution in [0.15, 0.2) is 36.0 Å². The molecule has 3 nitrogen and oxygen atoms in total. The summed E-state index contributed by atoms with van der Waals surface area (Å²) in [5.74, 6) is -0.416. The summed E-state index contributed by atoms with van der Waals surface area (Å²) in [6.07, 6.45) is 4.15. The number of rotatable bonds is 3. The Bertz CT molecular complexity index is 537. The van der Waals surface area contributed by atoms with Crippen LogP contribution >= 0.6 is 0 Å². The van der Waals surface area contributed by atoms with Gasteiger partial charge in [0, 0.05) is 5.70 Å². The van der Waals surface area contributed by atoms with Gasteiger partial charge >= 0.3 is 0 Å². The summed E-state index contributed by atoms with van der Waals surface area (Å²) in [7, 11) is 0. The van der Waals surface area contributed by atoms with E-state index < -0.39 is 11.7 Å². The molecule has 1 aromatic carbocycles. The van der Waals surface area contributed by atoms with Crippen LogP contribution in [0, 0.1) is 17.2 Å². The second-order valence-electron chi connectivity index (χ2n) is 6.23. The summed E-state index contributed by atoms with van der Waals surface area (Å²) >= 11 is 0. The Hall–Kier alpha value is -1.84. The molecule has 1 aromatic rings. The largest absolute Gasteiger partial charge is 0.303 e. The van der Waals surface area contributed by atoms with Crippen LogP contribution in [0.4, 0.5) is 4.39 Å². The van der Waals surface area contributed by atoms with Crippen LogP contribution < -0.4 is 10.9 Å². The highest BCUT2D eigenvalue weighted by Gasteiger charge is 2.25. The molecule has 1 aliphatic carbocycles. The number of carbonyl (C=O) groups excluding carboxylic acids is 1. The summed E-state index contributed by atoms with van der Waals surface area (Å²) in [4.78, 5) is 11.9. The van der Waals surface area contributed by atoms with Crippen LogP contribution in [0.1, 0.15) is 44.0 Å². The Morgan fingerprint density at radius 2 is 2.05 bits per heavy atom. The predicted octanol–water partition coefficient (Wildman–Crippen LogP) is 3.40. The van der Waals surface area contributed by atoms with Crippen LogP contribution in [0.3, 0.4) is 0 Å². The van der Waals surface area contributed by atoms with E-state index in [2.05, 4.69) is 37.7 Å². The molecule has 0 saturated carbocycles. The van der Waals surface area contributed by atoms with E-state index in [1.165, 1.54) is 12.1 Å². The Balaban J connectivity index is 2.01. The zero-order chi connectivity index (χ0) is 14.8. The number of benzene rings is 1. The molecule has 0 unspecified atom stereocenters. The molecule has 0 bridgehead atoms. The third-order valence-corrected chi connectivity index (χ3v) is 3.46. The highest BCUT2D eigenvalue weighted by atomic mass is 19.1. The van der Waals surface area contributed by atoms with E-state index >= 15 is 0 Å². The van der Waals surface area contributed by atoms with Gasteiger partial charge in [0.2, 0.25) is 0 Å². The molecule has 0 aliphatic heterocycles. The first-order chi connectivity index (χ1) is 9.37. The predicted molar refractivity (Wildman–Crippen MR) is 77.3 cm³/mol. The zero-order valence-electron chi connectivity index (χ0n) is 12.2. The Morgan fingerprint density at radius 1 is 1.35 bits per heavy atom. The van der Waals surface area contributed by atoms with Gasteiger partial charge in [0.25, 0.3) is 5.91 Å². The van der Waals surface area contributed by atoms with Crippen molar-refractivity contribution in [1.82, 2.24) is 10.9 Å². The van der Waals surface area contributed by atoms with E-state index in [0.29, 0.717) is 5.92 Å². The summed E-state index contributed by atoms with van der Waals surface area (Å²) in [6.45, 7) is 6.53. The van der Waals surface area contributed by atoms with E-state index in [-0.39, 0.29) is 11.0 Å². The van der Waals surface area contributed by atoms with Crippen molar-refractivity contribution < 1.29 is 9.18 Å². The highest BCUT2D eigenvalue weighted by Crippen LogP contribution is 2.35. The highest BCUT2D eigenvalue weighted by molar-refractivity contribution is 5.94. The minimum Gasteiger partial charge on any atom is -0.303 e. The van der Waals surface area contributed by atoms with Gasteiger partial charge in [0.1, 0.15) is 5.82 Å². The fourth-order valence-corrected chi connectivity index (χ4v) is 2.87. The monoisotopic (exact) mass is 276 g/mol. The van der Waals surface area contributed by atoms with Gasteiger partial charge in [-0.2, -0.15) is 0 Å². The number of halogens is 1. The van der Waals surface area contributed by atoms with Gasteiger partial charge in [0.15, 0.2) is 0 Å². The lowest BCUT2D eigenvalue weighted by Gasteiger charge is -2.32. The second-order valence-corrected chi connectivity index (χ2v) is 6.23. The molecular formula is C16H21FN2O. The van der Waals surface area contributed by atoms with Gasteiger partial charge in [-0.3, -0.25) is 10.2 Å². The Labute approximate surface area is 119 Å². The lowest BCUT2D eigenvalue weighted by molar-refractivity contribution is 0.0932. The molecule has 0 fully saturated rings. The summed E-state index contributed by atoms with van der Waals surface area (Å²) in [5.41, 5.74) is 6.64. The number of nitrogens with one attached hydrogen (secondary N) is 2. The molecule has 0 heterocycles. The van der Waals surface area contributed by atoms with Crippen LogP contribution in [0.25, 0.3) is 0 Å².